The van der Waals surface area contributed by atoms with Crippen molar-refractivity contribution in [1.82, 2.24) is 4.90 Å². The average Bonchev–Trinajstić information content (AvgIpc) is 2.92. The Bertz CT molecular complexity index is 510. The Hall–Kier alpha value is -1.56. The Balaban J connectivity index is 2.36. The van der Waals surface area contributed by atoms with Crippen LogP contribution in [0.2, 0.25) is 0 Å². The highest BCUT2D eigenvalue weighted by atomic mass is 32.2. The maximum atomic E-state index is 12.1. The fraction of sp³-hybridized carbons (Fsp3) is 0.562. The second-order valence-electron chi connectivity index (χ2n) is 5.06. The van der Waals surface area contributed by atoms with E-state index in [1.54, 1.807) is 33.1 Å². The first-order valence-electron chi connectivity index (χ1n) is 7.37. The van der Waals surface area contributed by atoms with Gasteiger partial charge in [-0.15, -0.1) is 11.8 Å². The van der Waals surface area contributed by atoms with Crippen molar-refractivity contribution in [2.75, 3.05) is 33.6 Å². The Morgan fingerprint density at radius 3 is 2.32 bits per heavy atom. The molecule has 1 aliphatic heterocycles. The minimum atomic E-state index is 0.00718. The molecule has 5 nitrogen and oxygen atoms in total. The molecular weight excluding hydrogens is 302 g/mol. The van der Waals surface area contributed by atoms with Gasteiger partial charge in [-0.1, -0.05) is 13.3 Å². The summed E-state index contributed by atoms with van der Waals surface area (Å²) in [7, 11) is 4.78. The summed E-state index contributed by atoms with van der Waals surface area (Å²) in [4.78, 5) is 14.1. The van der Waals surface area contributed by atoms with Crippen LogP contribution in [0, 0.1) is 0 Å². The molecule has 1 atom stereocenters. The lowest BCUT2D eigenvalue weighted by molar-refractivity contribution is -0.128. The maximum Gasteiger partial charge on any atom is 0.233 e. The summed E-state index contributed by atoms with van der Waals surface area (Å²) in [5, 5.41) is 0.00718. The molecule has 0 aliphatic carbocycles. The summed E-state index contributed by atoms with van der Waals surface area (Å²) in [5.41, 5.74) is 1.00. The van der Waals surface area contributed by atoms with Crippen molar-refractivity contribution in [3.63, 3.8) is 0 Å². The van der Waals surface area contributed by atoms with Gasteiger partial charge < -0.3 is 19.1 Å². The van der Waals surface area contributed by atoms with E-state index in [9.17, 15) is 4.79 Å². The minimum Gasteiger partial charge on any atom is -0.493 e. The molecule has 1 aliphatic rings. The molecule has 0 bridgehead atoms. The van der Waals surface area contributed by atoms with E-state index in [1.807, 2.05) is 17.0 Å². The third kappa shape index (κ3) is 3.27. The first kappa shape index (κ1) is 16.8. The van der Waals surface area contributed by atoms with Crippen LogP contribution < -0.4 is 14.2 Å². The monoisotopic (exact) mass is 325 g/mol. The number of carbonyl (C=O) groups excluding carboxylic acids is 1. The average molecular weight is 325 g/mol. The van der Waals surface area contributed by atoms with Gasteiger partial charge >= 0.3 is 0 Å². The van der Waals surface area contributed by atoms with E-state index < -0.39 is 0 Å². The van der Waals surface area contributed by atoms with Crippen LogP contribution in [0.1, 0.15) is 30.7 Å². The number of hydrogen-bond acceptors (Lipinski definition) is 5. The van der Waals surface area contributed by atoms with E-state index in [1.165, 1.54) is 0 Å². The lowest BCUT2D eigenvalue weighted by Gasteiger charge is -2.25. The van der Waals surface area contributed by atoms with Crippen molar-refractivity contribution in [3.8, 4) is 17.2 Å². The van der Waals surface area contributed by atoms with Gasteiger partial charge in [-0.25, -0.2) is 0 Å². The molecule has 1 fully saturated rings. The summed E-state index contributed by atoms with van der Waals surface area (Å²) in [6.45, 7) is 2.91. The zero-order valence-corrected chi connectivity index (χ0v) is 14.4. The Morgan fingerprint density at radius 2 is 1.82 bits per heavy atom. The molecule has 0 aromatic heterocycles. The van der Waals surface area contributed by atoms with E-state index in [0.29, 0.717) is 23.0 Å². The lowest BCUT2D eigenvalue weighted by atomic mass is 10.1. The molecule has 0 radical (unpaired) electrons. The van der Waals surface area contributed by atoms with Crippen molar-refractivity contribution < 1.29 is 19.0 Å². The summed E-state index contributed by atoms with van der Waals surface area (Å²) in [5.74, 6) is 2.52. The van der Waals surface area contributed by atoms with Crippen LogP contribution in [0.3, 0.4) is 0 Å². The molecule has 22 heavy (non-hydrogen) atoms. The number of nitrogens with zero attached hydrogens (tertiary/aromatic N) is 1. The molecule has 1 unspecified atom stereocenters. The Kier molecular flexibility index (Phi) is 5.83. The molecule has 6 heteroatoms. The largest absolute Gasteiger partial charge is 0.493 e. The Labute approximate surface area is 135 Å². The van der Waals surface area contributed by atoms with Crippen molar-refractivity contribution >= 4 is 17.7 Å². The SMILES string of the molecule is CCCCN1C(=O)CSC1c1cc(OC)c(OC)c(OC)c1. The zero-order chi connectivity index (χ0) is 16.1. The topological polar surface area (TPSA) is 48.0 Å². The predicted molar refractivity (Wildman–Crippen MR) is 87.9 cm³/mol. The molecule has 1 saturated heterocycles. The van der Waals surface area contributed by atoms with Crippen molar-refractivity contribution in [2.24, 2.45) is 0 Å². The second kappa shape index (κ2) is 7.63. The van der Waals surface area contributed by atoms with Crippen LogP contribution >= 0.6 is 11.8 Å². The molecule has 1 amide bonds. The van der Waals surface area contributed by atoms with Crippen LogP contribution in [-0.2, 0) is 4.79 Å². The van der Waals surface area contributed by atoms with Crippen LogP contribution in [0.15, 0.2) is 12.1 Å². The summed E-state index contributed by atoms with van der Waals surface area (Å²) in [6, 6.07) is 3.85. The number of unbranched alkanes of at least 4 members (excludes halogenated alkanes) is 1. The number of hydrogen-bond donors (Lipinski definition) is 0. The van der Waals surface area contributed by atoms with Gasteiger partial charge in [-0.05, 0) is 24.1 Å². The van der Waals surface area contributed by atoms with Gasteiger partial charge in [-0.2, -0.15) is 0 Å². The quantitative estimate of drug-likeness (QED) is 0.771. The van der Waals surface area contributed by atoms with Gasteiger partial charge in [0.15, 0.2) is 11.5 Å². The van der Waals surface area contributed by atoms with Gasteiger partial charge in [0.1, 0.15) is 5.37 Å². The highest BCUT2D eigenvalue weighted by molar-refractivity contribution is 8.00. The molecule has 2 rings (SSSR count). The van der Waals surface area contributed by atoms with Gasteiger partial charge in [0.2, 0.25) is 11.7 Å². The van der Waals surface area contributed by atoms with Gasteiger partial charge in [0.05, 0.1) is 27.1 Å². The number of ether oxygens (including phenoxy) is 3. The fourth-order valence-corrected chi connectivity index (χ4v) is 3.74. The van der Waals surface area contributed by atoms with Gasteiger partial charge in [-0.3, -0.25) is 4.79 Å². The molecule has 0 spiro atoms. The van der Waals surface area contributed by atoms with Crippen LogP contribution in [-0.4, -0.2) is 44.4 Å². The first-order valence-corrected chi connectivity index (χ1v) is 8.42. The fourth-order valence-electron chi connectivity index (χ4n) is 2.54. The number of rotatable bonds is 7. The van der Waals surface area contributed by atoms with E-state index in [-0.39, 0.29) is 11.3 Å². The van der Waals surface area contributed by atoms with Gasteiger partial charge in [0.25, 0.3) is 0 Å². The number of amides is 1. The second-order valence-corrected chi connectivity index (χ2v) is 6.13. The number of benzene rings is 1. The number of methoxy groups -OCH3 is 3. The van der Waals surface area contributed by atoms with E-state index >= 15 is 0 Å². The van der Waals surface area contributed by atoms with Crippen molar-refractivity contribution in [3.05, 3.63) is 17.7 Å². The third-order valence-electron chi connectivity index (χ3n) is 3.69. The number of thioether (sulfide) groups is 1. The minimum absolute atomic E-state index is 0.00718. The highest BCUT2D eigenvalue weighted by Crippen LogP contribution is 2.45. The Morgan fingerprint density at radius 1 is 1.18 bits per heavy atom. The van der Waals surface area contributed by atoms with E-state index in [4.69, 9.17) is 14.2 Å². The van der Waals surface area contributed by atoms with E-state index in [2.05, 4.69) is 6.92 Å². The first-order chi connectivity index (χ1) is 10.7. The van der Waals surface area contributed by atoms with Crippen LogP contribution in [0.4, 0.5) is 0 Å². The van der Waals surface area contributed by atoms with Gasteiger partial charge in [0, 0.05) is 6.54 Å². The highest BCUT2D eigenvalue weighted by Gasteiger charge is 2.33. The molecule has 1 aromatic carbocycles. The van der Waals surface area contributed by atoms with Crippen LogP contribution in [0.5, 0.6) is 17.2 Å². The molecule has 1 heterocycles. The molecular formula is C16H23NO4S. The third-order valence-corrected chi connectivity index (χ3v) is 4.95. The summed E-state index contributed by atoms with van der Waals surface area (Å²) < 4.78 is 16.2. The smallest absolute Gasteiger partial charge is 0.233 e. The molecule has 0 N–H and O–H groups in total. The summed E-state index contributed by atoms with van der Waals surface area (Å²) >= 11 is 1.64. The normalized spacial score (nSPS) is 17.7. The summed E-state index contributed by atoms with van der Waals surface area (Å²) in [6.07, 6.45) is 2.07. The number of carbonyl (C=O) groups is 1. The predicted octanol–water partition coefficient (Wildman–Crippen LogP) is 3.09. The maximum absolute atomic E-state index is 12.1. The molecule has 0 saturated carbocycles. The van der Waals surface area contributed by atoms with Crippen molar-refractivity contribution in [1.29, 1.82) is 0 Å². The lowest BCUT2D eigenvalue weighted by Crippen LogP contribution is -2.29. The molecule has 122 valence electrons. The molecule has 1 aromatic rings. The standard InChI is InChI=1S/C16H23NO4S/c1-5-6-7-17-14(18)10-22-16(17)11-8-12(19-2)15(21-4)13(9-11)20-3/h8-9,16H,5-7,10H2,1-4H3. The zero-order valence-electron chi connectivity index (χ0n) is 13.5. The van der Waals surface area contributed by atoms with Crippen molar-refractivity contribution in [2.45, 2.75) is 25.1 Å². The van der Waals surface area contributed by atoms with Crippen LogP contribution in [0.25, 0.3) is 0 Å². The van der Waals surface area contributed by atoms with E-state index in [0.717, 1.165) is 24.9 Å².